The van der Waals surface area contributed by atoms with Gasteiger partial charge < -0.3 is 0 Å². The maximum Gasteiger partial charge on any atom is 0.182 e. The molecule has 1 aromatic rings. The van der Waals surface area contributed by atoms with Crippen molar-refractivity contribution in [3.8, 4) is 0 Å². The normalized spacial score (nSPS) is 12.9. The zero-order valence-corrected chi connectivity index (χ0v) is 10.2. The van der Waals surface area contributed by atoms with Gasteiger partial charge in [0, 0.05) is 0 Å². The summed E-state index contributed by atoms with van der Waals surface area (Å²) in [6, 6.07) is 8.46. The molecule has 0 radical (unpaired) electrons. The fourth-order valence-corrected chi connectivity index (χ4v) is 2.84. The van der Waals surface area contributed by atoms with Crippen LogP contribution in [0, 0.1) is 0 Å². The molecule has 0 aromatic heterocycles. The Labute approximate surface area is 92.7 Å². The lowest BCUT2D eigenvalue weighted by Crippen LogP contribution is -2.07. The van der Waals surface area contributed by atoms with Crippen LogP contribution in [0.1, 0.15) is 6.92 Å². The zero-order chi connectivity index (χ0) is 10.6. The van der Waals surface area contributed by atoms with Gasteiger partial charge in [0.1, 0.15) is 0 Å². The van der Waals surface area contributed by atoms with E-state index in [1.165, 1.54) is 0 Å². The van der Waals surface area contributed by atoms with Gasteiger partial charge in [-0.2, -0.15) is 0 Å². The van der Waals surface area contributed by atoms with E-state index in [1.807, 2.05) is 0 Å². The smallest absolute Gasteiger partial charge is 0.182 e. The first-order valence-corrected chi connectivity index (χ1v) is 6.67. The molecule has 0 unspecified atom stereocenters. The van der Waals surface area contributed by atoms with Gasteiger partial charge >= 0.3 is 0 Å². The Hall–Kier alpha value is -0.610. The van der Waals surface area contributed by atoms with E-state index in [0.29, 0.717) is 4.90 Å². The maximum atomic E-state index is 11.7. The van der Waals surface area contributed by atoms with Crippen molar-refractivity contribution in [3.63, 3.8) is 0 Å². The number of hydrogen-bond acceptors (Lipinski definition) is 2. The molecule has 0 aliphatic carbocycles. The summed E-state index contributed by atoms with van der Waals surface area (Å²) in [6.45, 7) is 1.77. The number of halogens is 1. The second-order valence-corrected chi connectivity index (χ2v) is 5.48. The quantitative estimate of drug-likeness (QED) is 0.850. The number of rotatable bonds is 3. The molecule has 0 spiro atoms. The molecule has 1 aromatic carbocycles. The molecule has 0 N–H and O–H groups in total. The number of sulfone groups is 1. The Bertz CT molecular complexity index is 421. The van der Waals surface area contributed by atoms with Crippen LogP contribution in [0.5, 0.6) is 0 Å². The lowest BCUT2D eigenvalue weighted by atomic mass is 10.4. The highest BCUT2D eigenvalue weighted by Gasteiger charge is 2.13. The number of hydrogen-bond donors (Lipinski definition) is 0. The highest BCUT2D eigenvalue weighted by molar-refractivity contribution is 9.11. The minimum atomic E-state index is -3.17. The molecule has 2 nitrogen and oxygen atoms in total. The second kappa shape index (κ2) is 4.75. The van der Waals surface area contributed by atoms with Gasteiger partial charge in [-0.3, -0.25) is 0 Å². The molecule has 0 atom stereocenters. The van der Waals surface area contributed by atoms with Gasteiger partial charge in [-0.15, -0.1) is 0 Å². The number of benzene rings is 1. The molecule has 14 heavy (non-hydrogen) atoms. The topological polar surface area (TPSA) is 34.1 Å². The molecule has 0 aliphatic heterocycles. The SMILES string of the molecule is C/C(=C\Br)CS(=O)(=O)c1ccccc1. The van der Waals surface area contributed by atoms with Crippen LogP contribution in [-0.4, -0.2) is 14.2 Å². The van der Waals surface area contributed by atoms with Crippen molar-refractivity contribution >= 4 is 25.8 Å². The van der Waals surface area contributed by atoms with Crippen LogP contribution < -0.4 is 0 Å². The standard InChI is InChI=1S/C10H11BrO2S/c1-9(7-11)8-14(12,13)10-5-3-2-4-6-10/h2-7H,8H2,1H3/b9-7+. The van der Waals surface area contributed by atoms with Crippen molar-refractivity contribution in [3.05, 3.63) is 40.9 Å². The van der Waals surface area contributed by atoms with Crippen molar-refractivity contribution in [2.75, 3.05) is 5.75 Å². The first-order valence-electron chi connectivity index (χ1n) is 4.10. The first-order chi connectivity index (χ1) is 6.56. The molecule has 1 rings (SSSR count). The summed E-state index contributed by atoms with van der Waals surface area (Å²) in [6.07, 6.45) is 0. The summed E-state index contributed by atoms with van der Waals surface area (Å²) in [5.41, 5.74) is 0.786. The highest BCUT2D eigenvalue weighted by Crippen LogP contribution is 2.13. The van der Waals surface area contributed by atoms with Gasteiger partial charge in [0.05, 0.1) is 10.6 Å². The fourth-order valence-electron chi connectivity index (χ4n) is 1.04. The summed E-state index contributed by atoms with van der Waals surface area (Å²) < 4.78 is 23.5. The van der Waals surface area contributed by atoms with Crippen molar-refractivity contribution in [1.82, 2.24) is 0 Å². The molecule has 0 heterocycles. The van der Waals surface area contributed by atoms with Crippen LogP contribution in [0.3, 0.4) is 0 Å². The van der Waals surface area contributed by atoms with Crippen LogP contribution >= 0.6 is 15.9 Å². The Kier molecular flexibility index (Phi) is 3.89. The van der Waals surface area contributed by atoms with E-state index in [9.17, 15) is 8.42 Å². The molecule has 0 fully saturated rings. The van der Waals surface area contributed by atoms with Crippen LogP contribution in [-0.2, 0) is 9.84 Å². The average molecular weight is 275 g/mol. The van der Waals surface area contributed by atoms with Gasteiger partial charge in [-0.05, 0) is 24.0 Å². The molecular formula is C10H11BrO2S. The monoisotopic (exact) mass is 274 g/mol. The molecule has 76 valence electrons. The van der Waals surface area contributed by atoms with Crippen LogP contribution in [0.15, 0.2) is 45.8 Å². The average Bonchev–Trinajstić information content (AvgIpc) is 2.18. The largest absolute Gasteiger partial charge is 0.223 e. The Morgan fingerprint density at radius 2 is 1.93 bits per heavy atom. The zero-order valence-electron chi connectivity index (χ0n) is 7.77. The Morgan fingerprint density at radius 3 is 2.43 bits per heavy atom. The predicted molar refractivity (Wildman–Crippen MR) is 61.2 cm³/mol. The Morgan fingerprint density at radius 1 is 1.36 bits per heavy atom. The second-order valence-electron chi connectivity index (χ2n) is 3.03. The molecule has 4 heteroatoms. The summed E-state index contributed by atoms with van der Waals surface area (Å²) >= 11 is 3.11. The molecular weight excluding hydrogens is 264 g/mol. The van der Waals surface area contributed by atoms with Crippen molar-refractivity contribution in [2.45, 2.75) is 11.8 Å². The van der Waals surface area contributed by atoms with Crippen molar-refractivity contribution in [2.24, 2.45) is 0 Å². The third-order valence-electron chi connectivity index (χ3n) is 1.71. The molecule has 0 aliphatic rings. The van der Waals surface area contributed by atoms with Crippen molar-refractivity contribution in [1.29, 1.82) is 0 Å². The van der Waals surface area contributed by atoms with E-state index in [4.69, 9.17) is 0 Å². The van der Waals surface area contributed by atoms with Gasteiger partial charge in [-0.1, -0.05) is 39.7 Å². The molecule has 0 saturated heterocycles. The summed E-state index contributed by atoms with van der Waals surface area (Å²) in [7, 11) is -3.17. The van der Waals surface area contributed by atoms with Crippen LogP contribution in [0.4, 0.5) is 0 Å². The van der Waals surface area contributed by atoms with Crippen LogP contribution in [0.25, 0.3) is 0 Å². The summed E-state index contributed by atoms with van der Waals surface area (Å²) in [5, 5.41) is 0. The van der Waals surface area contributed by atoms with E-state index in [0.717, 1.165) is 5.57 Å². The summed E-state index contributed by atoms with van der Waals surface area (Å²) in [4.78, 5) is 2.00. The maximum absolute atomic E-state index is 11.7. The minimum Gasteiger partial charge on any atom is -0.223 e. The lowest BCUT2D eigenvalue weighted by Gasteiger charge is -2.03. The first kappa shape index (κ1) is 11.5. The fraction of sp³-hybridized carbons (Fsp3) is 0.200. The predicted octanol–water partition coefficient (Wildman–Crippen LogP) is 2.76. The van der Waals surface area contributed by atoms with Gasteiger partial charge in [0.25, 0.3) is 0 Å². The Balaban J connectivity index is 2.99. The highest BCUT2D eigenvalue weighted by atomic mass is 79.9. The molecule has 0 saturated carbocycles. The van der Waals surface area contributed by atoms with Gasteiger partial charge in [0.2, 0.25) is 0 Å². The third-order valence-corrected chi connectivity index (χ3v) is 4.31. The van der Waals surface area contributed by atoms with E-state index < -0.39 is 9.84 Å². The third kappa shape index (κ3) is 2.96. The van der Waals surface area contributed by atoms with E-state index in [-0.39, 0.29) is 5.75 Å². The van der Waals surface area contributed by atoms with Gasteiger partial charge in [0.15, 0.2) is 9.84 Å². The van der Waals surface area contributed by atoms with Crippen LogP contribution in [0.2, 0.25) is 0 Å². The lowest BCUT2D eigenvalue weighted by molar-refractivity contribution is 0.598. The molecule has 0 bridgehead atoms. The molecule has 0 amide bonds. The van der Waals surface area contributed by atoms with E-state index in [2.05, 4.69) is 15.9 Å². The minimum absolute atomic E-state index is 0.0578. The summed E-state index contributed by atoms with van der Waals surface area (Å²) in [5.74, 6) is 0.0578. The van der Waals surface area contributed by atoms with E-state index in [1.54, 1.807) is 42.2 Å². The van der Waals surface area contributed by atoms with E-state index >= 15 is 0 Å². The van der Waals surface area contributed by atoms with Gasteiger partial charge in [-0.25, -0.2) is 8.42 Å². The van der Waals surface area contributed by atoms with Crippen molar-refractivity contribution < 1.29 is 8.42 Å².